The zero-order chi connectivity index (χ0) is 17.4. The third kappa shape index (κ3) is 5.41. The molecule has 128 valence electrons. The molecule has 0 bridgehead atoms. The summed E-state index contributed by atoms with van der Waals surface area (Å²) in [5.41, 5.74) is 3.73. The third-order valence-corrected chi connectivity index (χ3v) is 4.01. The van der Waals surface area contributed by atoms with E-state index in [2.05, 4.69) is 18.3 Å². The maximum Gasteiger partial charge on any atom is 0.255 e. The monoisotopic (exact) mass is 325 g/mol. The Kier molecular flexibility index (Phi) is 6.86. The van der Waals surface area contributed by atoms with Gasteiger partial charge in [-0.3, -0.25) is 4.79 Å². The summed E-state index contributed by atoms with van der Waals surface area (Å²) in [5.74, 6) is 0.714. The Balaban J connectivity index is 1.89. The summed E-state index contributed by atoms with van der Waals surface area (Å²) in [4.78, 5) is 12.3. The summed E-state index contributed by atoms with van der Waals surface area (Å²) < 4.78 is 5.71. The molecule has 0 saturated carbocycles. The number of aryl methyl sites for hydroxylation is 2. The van der Waals surface area contributed by atoms with Crippen molar-refractivity contribution < 1.29 is 9.53 Å². The van der Waals surface area contributed by atoms with Gasteiger partial charge in [-0.25, -0.2) is 0 Å². The van der Waals surface area contributed by atoms with Gasteiger partial charge in [-0.15, -0.1) is 0 Å². The standard InChI is InChI=1S/C21H27NO2/c1-4-5-6-7-14-24-19-11-9-18(10-12-19)21(23)22-20-13-8-16(2)15-17(20)3/h8-13,15H,4-7,14H2,1-3H3,(H,22,23). The number of carbonyl (C=O) groups is 1. The third-order valence-electron chi connectivity index (χ3n) is 4.01. The quantitative estimate of drug-likeness (QED) is 0.649. The van der Waals surface area contributed by atoms with Gasteiger partial charge in [0.15, 0.2) is 0 Å². The highest BCUT2D eigenvalue weighted by molar-refractivity contribution is 6.04. The first-order valence-corrected chi connectivity index (χ1v) is 8.71. The normalized spacial score (nSPS) is 10.5. The van der Waals surface area contributed by atoms with E-state index in [1.807, 2.05) is 38.1 Å². The fourth-order valence-electron chi connectivity index (χ4n) is 2.57. The number of hydrogen-bond donors (Lipinski definition) is 1. The molecule has 0 heterocycles. The lowest BCUT2D eigenvalue weighted by molar-refractivity contribution is 0.102. The highest BCUT2D eigenvalue weighted by Crippen LogP contribution is 2.18. The minimum Gasteiger partial charge on any atom is -0.494 e. The molecule has 0 aromatic heterocycles. The van der Waals surface area contributed by atoms with Gasteiger partial charge >= 0.3 is 0 Å². The largest absolute Gasteiger partial charge is 0.494 e. The number of hydrogen-bond acceptors (Lipinski definition) is 2. The SMILES string of the molecule is CCCCCCOc1ccc(C(=O)Nc2ccc(C)cc2C)cc1. The molecular weight excluding hydrogens is 298 g/mol. The predicted octanol–water partition coefficient (Wildman–Crippen LogP) is 5.51. The molecule has 3 heteroatoms. The molecule has 0 aliphatic carbocycles. The van der Waals surface area contributed by atoms with Crippen molar-refractivity contribution in [3.8, 4) is 5.75 Å². The van der Waals surface area contributed by atoms with Crippen LogP contribution in [0.15, 0.2) is 42.5 Å². The molecule has 1 N–H and O–H groups in total. The van der Waals surface area contributed by atoms with Gasteiger partial charge in [-0.1, -0.05) is 43.9 Å². The van der Waals surface area contributed by atoms with Crippen molar-refractivity contribution in [3.63, 3.8) is 0 Å². The maximum absolute atomic E-state index is 12.3. The van der Waals surface area contributed by atoms with Gasteiger partial charge in [0.05, 0.1) is 6.61 Å². The Morgan fingerprint density at radius 2 is 1.75 bits per heavy atom. The molecule has 1 amide bonds. The van der Waals surface area contributed by atoms with Gasteiger partial charge in [0.1, 0.15) is 5.75 Å². The Morgan fingerprint density at radius 1 is 1.00 bits per heavy atom. The minimum absolute atomic E-state index is 0.101. The Morgan fingerprint density at radius 3 is 2.42 bits per heavy atom. The zero-order valence-corrected chi connectivity index (χ0v) is 14.9. The number of nitrogens with one attached hydrogen (secondary N) is 1. The lowest BCUT2D eigenvalue weighted by Gasteiger charge is -2.10. The molecule has 2 aromatic carbocycles. The Hall–Kier alpha value is -2.29. The van der Waals surface area contributed by atoms with E-state index in [4.69, 9.17) is 4.74 Å². The summed E-state index contributed by atoms with van der Waals surface area (Å²) >= 11 is 0. The van der Waals surface area contributed by atoms with Crippen molar-refractivity contribution >= 4 is 11.6 Å². The molecule has 2 aromatic rings. The number of amides is 1. The number of unbranched alkanes of at least 4 members (excludes halogenated alkanes) is 3. The molecule has 2 rings (SSSR count). The van der Waals surface area contributed by atoms with Gasteiger partial charge in [-0.05, 0) is 56.2 Å². The average molecular weight is 325 g/mol. The predicted molar refractivity (Wildman–Crippen MR) is 99.9 cm³/mol. The first-order valence-electron chi connectivity index (χ1n) is 8.71. The van der Waals surface area contributed by atoms with Crippen LogP contribution in [0.25, 0.3) is 0 Å². The highest BCUT2D eigenvalue weighted by atomic mass is 16.5. The molecule has 24 heavy (non-hydrogen) atoms. The molecule has 0 aliphatic heterocycles. The smallest absolute Gasteiger partial charge is 0.255 e. The molecule has 0 aliphatic rings. The van der Waals surface area contributed by atoms with Crippen LogP contribution in [0.5, 0.6) is 5.75 Å². The van der Waals surface area contributed by atoms with Gasteiger partial charge in [-0.2, -0.15) is 0 Å². The van der Waals surface area contributed by atoms with Crippen molar-refractivity contribution in [2.24, 2.45) is 0 Å². The summed E-state index contributed by atoms with van der Waals surface area (Å²) in [7, 11) is 0. The minimum atomic E-state index is -0.101. The van der Waals surface area contributed by atoms with Crippen molar-refractivity contribution in [3.05, 3.63) is 59.2 Å². The van der Waals surface area contributed by atoms with Crippen LogP contribution >= 0.6 is 0 Å². The van der Waals surface area contributed by atoms with Crippen LogP contribution in [-0.2, 0) is 0 Å². The topological polar surface area (TPSA) is 38.3 Å². The first kappa shape index (κ1) is 18.1. The van der Waals surface area contributed by atoms with E-state index < -0.39 is 0 Å². The number of benzene rings is 2. The van der Waals surface area contributed by atoms with Gasteiger partial charge in [0.2, 0.25) is 0 Å². The number of rotatable bonds is 8. The van der Waals surface area contributed by atoms with Crippen LogP contribution in [-0.4, -0.2) is 12.5 Å². The van der Waals surface area contributed by atoms with E-state index in [1.165, 1.54) is 24.8 Å². The number of carbonyl (C=O) groups excluding carboxylic acids is 1. The van der Waals surface area contributed by atoms with Crippen LogP contribution in [0.2, 0.25) is 0 Å². The molecule has 0 radical (unpaired) electrons. The molecule has 0 fully saturated rings. The molecule has 0 atom stereocenters. The lowest BCUT2D eigenvalue weighted by atomic mass is 10.1. The first-order chi connectivity index (χ1) is 11.6. The van der Waals surface area contributed by atoms with E-state index in [1.54, 1.807) is 12.1 Å². The number of anilines is 1. The number of ether oxygens (including phenoxy) is 1. The lowest BCUT2D eigenvalue weighted by Crippen LogP contribution is -2.12. The van der Waals surface area contributed by atoms with E-state index in [-0.39, 0.29) is 5.91 Å². The Labute approximate surface area is 145 Å². The molecule has 0 saturated heterocycles. The van der Waals surface area contributed by atoms with Gasteiger partial charge < -0.3 is 10.1 Å². The van der Waals surface area contributed by atoms with Crippen LogP contribution in [0.1, 0.15) is 54.1 Å². The van der Waals surface area contributed by atoms with E-state index in [0.717, 1.165) is 30.0 Å². The van der Waals surface area contributed by atoms with Crippen LogP contribution < -0.4 is 10.1 Å². The van der Waals surface area contributed by atoms with Crippen LogP contribution in [0.3, 0.4) is 0 Å². The van der Waals surface area contributed by atoms with E-state index in [0.29, 0.717) is 5.56 Å². The summed E-state index contributed by atoms with van der Waals surface area (Å²) in [5, 5.41) is 2.96. The fourth-order valence-corrected chi connectivity index (χ4v) is 2.57. The van der Waals surface area contributed by atoms with Crippen molar-refractivity contribution in [2.75, 3.05) is 11.9 Å². The van der Waals surface area contributed by atoms with Gasteiger partial charge in [0.25, 0.3) is 5.91 Å². The summed E-state index contributed by atoms with van der Waals surface area (Å²) in [6, 6.07) is 13.3. The van der Waals surface area contributed by atoms with E-state index >= 15 is 0 Å². The summed E-state index contributed by atoms with van der Waals surface area (Å²) in [6.07, 6.45) is 4.75. The second-order valence-corrected chi connectivity index (χ2v) is 6.21. The van der Waals surface area contributed by atoms with Gasteiger partial charge in [0, 0.05) is 11.3 Å². The van der Waals surface area contributed by atoms with Crippen molar-refractivity contribution in [2.45, 2.75) is 46.5 Å². The molecule has 3 nitrogen and oxygen atoms in total. The van der Waals surface area contributed by atoms with E-state index in [9.17, 15) is 4.79 Å². The zero-order valence-electron chi connectivity index (χ0n) is 14.9. The van der Waals surface area contributed by atoms with Crippen molar-refractivity contribution in [1.29, 1.82) is 0 Å². The summed E-state index contributed by atoms with van der Waals surface area (Å²) in [6.45, 7) is 6.97. The average Bonchev–Trinajstić information content (AvgIpc) is 2.57. The Bertz CT molecular complexity index is 662. The fraction of sp³-hybridized carbons (Fsp3) is 0.381. The van der Waals surface area contributed by atoms with Crippen molar-refractivity contribution in [1.82, 2.24) is 0 Å². The highest BCUT2D eigenvalue weighted by Gasteiger charge is 2.08. The molecular formula is C21H27NO2. The molecule has 0 spiro atoms. The maximum atomic E-state index is 12.3. The second-order valence-electron chi connectivity index (χ2n) is 6.21. The van der Waals surface area contributed by atoms with Crippen LogP contribution in [0, 0.1) is 13.8 Å². The van der Waals surface area contributed by atoms with Crippen LogP contribution in [0.4, 0.5) is 5.69 Å². The second kappa shape index (κ2) is 9.11. The molecule has 0 unspecified atom stereocenters.